The third-order valence-electron chi connectivity index (χ3n) is 4.26. The first-order valence-corrected chi connectivity index (χ1v) is 7.78. The van der Waals surface area contributed by atoms with Crippen LogP contribution in [0.2, 0.25) is 0 Å². The Labute approximate surface area is 134 Å². The van der Waals surface area contributed by atoms with E-state index in [2.05, 4.69) is 16.7 Å². The molecule has 0 spiro atoms. The van der Waals surface area contributed by atoms with Crippen LogP contribution >= 0.6 is 0 Å². The van der Waals surface area contributed by atoms with Gasteiger partial charge in [0, 0.05) is 31.9 Å². The highest BCUT2D eigenvalue weighted by molar-refractivity contribution is 5.89. The zero-order valence-corrected chi connectivity index (χ0v) is 12.8. The molecular weight excluding hydrogens is 294 g/mol. The summed E-state index contributed by atoms with van der Waals surface area (Å²) in [5, 5.41) is 14.5. The van der Waals surface area contributed by atoms with E-state index in [-0.39, 0.29) is 18.1 Å². The number of benzene rings is 1. The lowest BCUT2D eigenvalue weighted by Gasteiger charge is -2.36. The number of urea groups is 2. The third kappa shape index (κ3) is 3.37. The molecule has 0 aromatic heterocycles. The summed E-state index contributed by atoms with van der Waals surface area (Å²) < 4.78 is 0. The molecule has 120 valence electrons. The van der Waals surface area contributed by atoms with E-state index in [1.165, 1.54) is 0 Å². The molecule has 2 heterocycles. The van der Waals surface area contributed by atoms with Gasteiger partial charge in [-0.15, -0.1) is 0 Å². The number of carbonyl (C=O) groups excluding carboxylic acids is 2. The van der Waals surface area contributed by atoms with Gasteiger partial charge in [-0.05, 0) is 31.0 Å². The van der Waals surface area contributed by atoms with Crippen molar-refractivity contribution in [1.82, 2.24) is 15.1 Å². The minimum atomic E-state index is -0.190. The highest BCUT2D eigenvalue weighted by atomic mass is 16.2. The van der Waals surface area contributed by atoms with Gasteiger partial charge in [0.15, 0.2) is 0 Å². The molecule has 0 aliphatic carbocycles. The van der Waals surface area contributed by atoms with Gasteiger partial charge in [0.05, 0.1) is 17.7 Å². The predicted molar refractivity (Wildman–Crippen MR) is 84.9 cm³/mol. The van der Waals surface area contributed by atoms with Crippen LogP contribution in [0.4, 0.5) is 15.3 Å². The van der Waals surface area contributed by atoms with Crippen molar-refractivity contribution < 1.29 is 9.59 Å². The zero-order chi connectivity index (χ0) is 16.2. The van der Waals surface area contributed by atoms with Crippen LogP contribution in [0.15, 0.2) is 24.3 Å². The van der Waals surface area contributed by atoms with Crippen LogP contribution in [0.1, 0.15) is 18.4 Å². The van der Waals surface area contributed by atoms with Crippen molar-refractivity contribution in [2.75, 3.05) is 31.5 Å². The first-order valence-electron chi connectivity index (χ1n) is 7.78. The fourth-order valence-corrected chi connectivity index (χ4v) is 3.10. The number of piperidine rings is 1. The van der Waals surface area contributed by atoms with E-state index in [0.29, 0.717) is 37.4 Å². The number of anilines is 1. The van der Waals surface area contributed by atoms with E-state index >= 15 is 0 Å². The lowest BCUT2D eigenvalue weighted by atomic mass is 10.0. The van der Waals surface area contributed by atoms with Crippen LogP contribution in [-0.2, 0) is 0 Å². The van der Waals surface area contributed by atoms with Crippen LogP contribution in [0, 0.1) is 11.3 Å². The Morgan fingerprint density at radius 2 is 2.26 bits per heavy atom. The molecule has 1 atom stereocenters. The van der Waals surface area contributed by atoms with Crippen molar-refractivity contribution in [3.05, 3.63) is 29.8 Å². The molecule has 7 heteroatoms. The van der Waals surface area contributed by atoms with Gasteiger partial charge in [-0.2, -0.15) is 5.26 Å². The molecule has 7 nitrogen and oxygen atoms in total. The van der Waals surface area contributed by atoms with Crippen LogP contribution < -0.4 is 10.6 Å². The molecule has 0 radical (unpaired) electrons. The van der Waals surface area contributed by atoms with Gasteiger partial charge in [0.2, 0.25) is 0 Å². The van der Waals surface area contributed by atoms with Gasteiger partial charge in [0.1, 0.15) is 0 Å². The standard InChI is InChI=1S/C16H19N5O2/c17-10-12-3-1-4-13(9-12)19-16(23)20-7-2-5-14(11-20)21-8-6-18-15(21)22/h1,3-4,9,14H,2,5-8,11H2,(H,18,22)(H,19,23)/t14-/m0/s1. The van der Waals surface area contributed by atoms with E-state index < -0.39 is 0 Å². The fraction of sp³-hybridized carbons (Fsp3) is 0.438. The number of nitriles is 1. The maximum atomic E-state index is 12.4. The third-order valence-corrected chi connectivity index (χ3v) is 4.26. The summed E-state index contributed by atoms with van der Waals surface area (Å²) in [5.41, 5.74) is 1.11. The maximum absolute atomic E-state index is 12.4. The quantitative estimate of drug-likeness (QED) is 0.869. The average molecular weight is 313 g/mol. The SMILES string of the molecule is N#Cc1cccc(NC(=O)N2CCC[C@H](N3CCNC3=O)C2)c1. The molecule has 2 fully saturated rings. The summed E-state index contributed by atoms with van der Waals surface area (Å²) in [4.78, 5) is 27.7. The van der Waals surface area contributed by atoms with Crippen molar-refractivity contribution in [3.63, 3.8) is 0 Å². The number of nitrogens with zero attached hydrogens (tertiary/aromatic N) is 3. The maximum Gasteiger partial charge on any atom is 0.321 e. The highest BCUT2D eigenvalue weighted by Crippen LogP contribution is 2.19. The summed E-state index contributed by atoms with van der Waals surface area (Å²) in [7, 11) is 0. The van der Waals surface area contributed by atoms with Crippen molar-refractivity contribution in [2.24, 2.45) is 0 Å². The van der Waals surface area contributed by atoms with Crippen molar-refractivity contribution in [3.8, 4) is 6.07 Å². The predicted octanol–water partition coefficient (Wildman–Crippen LogP) is 1.58. The van der Waals surface area contributed by atoms with Crippen LogP contribution in [0.3, 0.4) is 0 Å². The van der Waals surface area contributed by atoms with E-state index in [1.807, 2.05) is 4.90 Å². The minimum absolute atomic E-state index is 0.0426. The largest absolute Gasteiger partial charge is 0.336 e. The Hall–Kier alpha value is -2.75. The summed E-state index contributed by atoms with van der Waals surface area (Å²) in [6.07, 6.45) is 1.79. The van der Waals surface area contributed by atoms with Crippen LogP contribution in [0.5, 0.6) is 0 Å². The molecule has 2 aliphatic rings. The molecule has 1 aromatic rings. The Kier molecular flexibility index (Phi) is 4.33. The molecule has 0 unspecified atom stereocenters. The molecular formula is C16H19N5O2. The number of likely N-dealkylation sites (tertiary alicyclic amines) is 1. The number of hydrogen-bond acceptors (Lipinski definition) is 3. The van der Waals surface area contributed by atoms with Gasteiger partial charge in [-0.3, -0.25) is 0 Å². The summed E-state index contributed by atoms with van der Waals surface area (Å²) in [6, 6.07) is 8.73. The second kappa shape index (κ2) is 6.57. The highest BCUT2D eigenvalue weighted by Gasteiger charge is 2.32. The second-order valence-electron chi connectivity index (χ2n) is 5.79. The normalized spacial score (nSPS) is 20.8. The van der Waals surface area contributed by atoms with Crippen LogP contribution in [0.25, 0.3) is 0 Å². The summed E-state index contributed by atoms with van der Waals surface area (Å²) >= 11 is 0. The smallest absolute Gasteiger partial charge is 0.321 e. The molecule has 1 aromatic carbocycles. The minimum Gasteiger partial charge on any atom is -0.336 e. The Bertz CT molecular complexity index is 654. The topological polar surface area (TPSA) is 88.5 Å². The molecule has 2 N–H and O–H groups in total. The second-order valence-corrected chi connectivity index (χ2v) is 5.79. The monoisotopic (exact) mass is 313 g/mol. The zero-order valence-electron chi connectivity index (χ0n) is 12.8. The molecule has 23 heavy (non-hydrogen) atoms. The average Bonchev–Trinajstić information content (AvgIpc) is 3.01. The van der Waals surface area contributed by atoms with E-state index in [9.17, 15) is 9.59 Å². The van der Waals surface area contributed by atoms with E-state index in [0.717, 1.165) is 12.8 Å². The molecule has 3 rings (SSSR count). The fourth-order valence-electron chi connectivity index (χ4n) is 3.10. The van der Waals surface area contributed by atoms with Gasteiger partial charge in [0.25, 0.3) is 0 Å². The van der Waals surface area contributed by atoms with E-state index in [1.54, 1.807) is 29.2 Å². The number of nitrogens with one attached hydrogen (secondary N) is 2. The van der Waals surface area contributed by atoms with Gasteiger partial charge >= 0.3 is 12.1 Å². The number of rotatable bonds is 2. The lowest BCUT2D eigenvalue weighted by molar-refractivity contribution is 0.139. The van der Waals surface area contributed by atoms with Crippen LogP contribution in [-0.4, -0.2) is 54.1 Å². The number of carbonyl (C=O) groups is 2. The Morgan fingerprint density at radius 3 is 3.00 bits per heavy atom. The van der Waals surface area contributed by atoms with Crippen molar-refractivity contribution >= 4 is 17.7 Å². The van der Waals surface area contributed by atoms with Gasteiger partial charge in [-0.1, -0.05) is 6.07 Å². The summed E-state index contributed by atoms with van der Waals surface area (Å²) in [6.45, 7) is 2.58. The Balaban J connectivity index is 1.62. The first kappa shape index (κ1) is 15.2. The van der Waals surface area contributed by atoms with Gasteiger partial charge < -0.3 is 20.4 Å². The van der Waals surface area contributed by atoms with Gasteiger partial charge in [-0.25, -0.2) is 9.59 Å². The number of hydrogen-bond donors (Lipinski definition) is 2. The summed E-state index contributed by atoms with van der Waals surface area (Å²) in [5.74, 6) is 0. The molecule has 2 saturated heterocycles. The first-order chi connectivity index (χ1) is 11.2. The molecule has 2 aliphatic heterocycles. The number of amides is 4. The van der Waals surface area contributed by atoms with Crippen molar-refractivity contribution in [2.45, 2.75) is 18.9 Å². The molecule has 0 saturated carbocycles. The van der Waals surface area contributed by atoms with E-state index in [4.69, 9.17) is 5.26 Å². The lowest BCUT2D eigenvalue weighted by Crippen LogP contribution is -2.51. The molecule has 0 bridgehead atoms. The van der Waals surface area contributed by atoms with Crippen molar-refractivity contribution in [1.29, 1.82) is 5.26 Å². The Morgan fingerprint density at radius 1 is 1.39 bits per heavy atom. The molecule has 4 amide bonds.